The van der Waals surface area contributed by atoms with Gasteiger partial charge in [0, 0.05) is 0 Å². The molecule has 0 saturated heterocycles. The Hall–Kier alpha value is -1.06. The number of hydrogen-bond donors (Lipinski definition) is 2. The van der Waals surface area contributed by atoms with E-state index in [0.717, 1.165) is 0 Å². The van der Waals surface area contributed by atoms with Crippen molar-refractivity contribution in [3.05, 3.63) is 5.92 Å². The summed E-state index contributed by atoms with van der Waals surface area (Å²) in [5.41, 5.74) is 0. The molecule has 55 valence electrons. The molecule has 0 unspecified atom stereocenters. The molecule has 1 saturated carbocycles. The van der Waals surface area contributed by atoms with Gasteiger partial charge in [-0.1, -0.05) is 0 Å². The van der Waals surface area contributed by atoms with Crippen LogP contribution in [0.15, 0.2) is 0 Å². The second-order valence-corrected chi connectivity index (χ2v) is 2.35. The van der Waals surface area contributed by atoms with Crippen molar-refractivity contribution < 1.29 is 19.8 Å². The van der Waals surface area contributed by atoms with Gasteiger partial charge < -0.3 is 10.2 Å². The van der Waals surface area contributed by atoms with Crippen molar-refractivity contribution in [2.75, 3.05) is 0 Å². The summed E-state index contributed by atoms with van der Waals surface area (Å²) >= 11 is 0. The minimum atomic E-state index is -0.961. The molecule has 0 aromatic carbocycles. The van der Waals surface area contributed by atoms with Crippen molar-refractivity contribution in [3.63, 3.8) is 0 Å². The van der Waals surface area contributed by atoms with E-state index in [1.54, 1.807) is 0 Å². The molecule has 1 fully saturated rings. The highest BCUT2D eigenvalue weighted by atomic mass is 16.4. The highest BCUT2D eigenvalue weighted by Gasteiger charge is 2.39. The van der Waals surface area contributed by atoms with E-state index in [4.69, 9.17) is 10.2 Å². The van der Waals surface area contributed by atoms with Crippen LogP contribution in [0.25, 0.3) is 0 Å². The van der Waals surface area contributed by atoms with Crippen LogP contribution in [-0.4, -0.2) is 22.2 Å². The van der Waals surface area contributed by atoms with Crippen LogP contribution in [0.3, 0.4) is 0 Å². The van der Waals surface area contributed by atoms with Crippen molar-refractivity contribution in [2.45, 2.75) is 12.8 Å². The summed E-state index contributed by atoms with van der Waals surface area (Å²) in [6.45, 7) is 0. The third-order valence-electron chi connectivity index (χ3n) is 1.64. The summed E-state index contributed by atoms with van der Waals surface area (Å²) in [4.78, 5) is 20.3. The number of carboxylic acids is 2. The number of rotatable bonds is 2. The average molecular weight is 143 g/mol. The minimum Gasteiger partial charge on any atom is -0.481 e. The third-order valence-corrected chi connectivity index (χ3v) is 1.64. The molecule has 0 amide bonds. The van der Waals surface area contributed by atoms with Gasteiger partial charge in [-0.3, -0.25) is 9.59 Å². The molecule has 10 heavy (non-hydrogen) atoms. The van der Waals surface area contributed by atoms with Gasteiger partial charge in [0.2, 0.25) is 0 Å². The highest BCUT2D eigenvalue weighted by molar-refractivity contribution is 5.87. The maximum absolute atomic E-state index is 10.1. The molecule has 4 heteroatoms. The summed E-state index contributed by atoms with van der Waals surface area (Å²) in [6, 6.07) is 0. The predicted octanol–water partition coefficient (Wildman–Crippen LogP) is 0.140. The normalized spacial score (nSPS) is 20.0. The van der Waals surface area contributed by atoms with Gasteiger partial charge in [0.05, 0.1) is 11.8 Å². The van der Waals surface area contributed by atoms with Gasteiger partial charge in [-0.25, -0.2) is 0 Å². The van der Waals surface area contributed by atoms with Crippen molar-refractivity contribution in [1.29, 1.82) is 0 Å². The van der Waals surface area contributed by atoms with E-state index in [1.807, 2.05) is 0 Å². The van der Waals surface area contributed by atoms with Gasteiger partial charge in [0.15, 0.2) is 0 Å². The fourth-order valence-corrected chi connectivity index (χ4v) is 0.884. The molecular formula is C6H7O4. The molecule has 0 bridgehead atoms. The quantitative estimate of drug-likeness (QED) is 0.576. The Balaban J connectivity index is 2.31. The molecule has 0 aliphatic heterocycles. The highest BCUT2D eigenvalue weighted by Crippen LogP contribution is 2.35. The van der Waals surface area contributed by atoms with Crippen molar-refractivity contribution in [3.8, 4) is 0 Å². The van der Waals surface area contributed by atoms with E-state index in [-0.39, 0.29) is 12.8 Å². The molecule has 0 aromatic rings. The molecule has 0 aromatic heterocycles. The van der Waals surface area contributed by atoms with Gasteiger partial charge in [-0.15, -0.1) is 0 Å². The minimum absolute atomic E-state index is 0.213. The maximum atomic E-state index is 10.1. The smallest absolute Gasteiger partial charge is 0.310 e. The van der Waals surface area contributed by atoms with Crippen LogP contribution in [0.5, 0.6) is 0 Å². The predicted molar refractivity (Wildman–Crippen MR) is 31.2 cm³/mol. The van der Waals surface area contributed by atoms with Crippen LogP contribution in [0.1, 0.15) is 12.8 Å². The van der Waals surface area contributed by atoms with Gasteiger partial charge in [0.1, 0.15) is 0 Å². The topological polar surface area (TPSA) is 74.6 Å². The van der Waals surface area contributed by atoms with E-state index in [2.05, 4.69) is 0 Å². The number of hydrogen-bond acceptors (Lipinski definition) is 2. The van der Waals surface area contributed by atoms with Crippen molar-refractivity contribution in [1.82, 2.24) is 0 Å². The van der Waals surface area contributed by atoms with Crippen LogP contribution in [0.2, 0.25) is 0 Å². The second kappa shape index (κ2) is 2.28. The van der Waals surface area contributed by atoms with E-state index in [9.17, 15) is 9.59 Å². The molecular weight excluding hydrogens is 136 g/mol. The fraction of sp³-hybridized carbons (Fsp3) is 0.500. The summed E-state index contributed by atoms with van der Waals surface area (Å²) in [5.74, 6) is -1.99. The number of aliphatic carboxylic acids is 2. The van der Waals surface area contributed by atoms with Crippen LogP contribution < -0.4 is 0 Å². The summed E-state index contributed by atoms with van der Waals surface area (Å²) < 4.78 is 0. The van der Waals surface area contributed by atoms with E-state index >= 15 is 0 Å². The van der Waals surface area contributed by atoms with Gasteiger partial charge >= 0.3 is 11.9 Å². The first-order valence-electron chi connectivity index (χ1n) is 2.92. The zero-order valence-corrected chi connectivity index (χ0v) is 5.20. The molecule has 2 N–H and O–H groups in total. The monoisotopic (exact) mass is 143 g/mol. The first-order valence-corrected chi connectivity index (χ1v) is 2.92. The van der Waals surface area contributed by atoms with Crippen molar-refractivity contribution in [2.24, 2.45) is 5.92 Å². The summed E-state index contributed by atoms with van der Waals surface area (Å²) in [6.07, 6.45) is 0.426. The SMILES string of the molecule is O=C(O)[C]1CC(C(=O)O)C1. The Labute approximate surface area is 57.5 Å². The van der Waals surface area contributed by atoms with E-state index in [0.29, 0.717) is 5.92 Å². The average Bonchev–Trinajstić information content (AvgIpc) is 1.56. The van der Waals surface area contributed by atoms with Crippen LogP contribution in [0.4, 0.5) is 0 Å². The lowest BCUT2D eigenvalue weighted by atomic mass is 9.75. The summed E-state index contributed by atoms with van der Waals surface area (Å²) in [7, 11) is 0. The Kier molecular flexibility index (Phi) is 1.61. The van der Waals surface area contributed by atoms with Crippen LogP contribution in [-0.2, 0) is 9.59 Å². The lowest BCUT2D eigenvalue weighted by molar-refractivity contribution is -0.146. The number of carbonyl (C=O) groups is 2. The maximum Gasteiger partial charge on any atom is 0.310 e. The van der Waals surface area contributed by atoms with E-state index < -0.39 is 17.9 Å². The molecule has 1 aliphatic rings. The number of carboxylic acid groups (broad SMARTS) is 2. The molecule has 0 heterocycles. The molecule has 1 radical (unpaired) electrons. The molecule has 0 spiro atoms. The fourth-order valence-electron chi connectivity index (χ4n) is 0.884. The Morgan fingerprint density at radius 1 is 1.30 bits per heavy atom. The zero-order valence-electron chi connectivity index (χ0n) is 5.20. The Morgan fingerprint density at radius 3 is 2.10 bits per heavy atom. The van der Waals surface area contributed by atoms with Crippen LogP contribution in [0, 0.1) is 11.8 Å². The largest absolute Gasteiger partial charge is 0.481 e. The molecule has 1 rings (SSSR count). The first kappa shape index (κ1) is 7.05. The second-order valence-electron chi connectivity index (χ2n) is 2.35. The Morgan fingerprint density at radius 2 is 1.80 bits per heavy atom. The zero-order chi connectivity index (χ0) is 7.72. The van der Waals surface area contributed by atoms with Gasteiger partial charge in [-0.2, -0.15) is 0 Å². The lowest BCUT2D eigenvalue weighted by Crippen LogP contribution is -2.33. The molecule has 0 atom stereocenters. The lowest BCUT2D eigenvalue weighted by Gasteiger charge is -2.27. The Bertz CT molecular complexity index is 151. The molecule has 1 aliphatic carbocycles. The van der Waals surface area contributed by atoms with E-state index in [1.165, 1.54) is 0 Å². The standard InChI is InChI=1S/C6H7O4/c7-5(8)3-1-4(2-3)6(9)10/h3H,1-2H2,(H,7,8)(H,9,10). The van der Waals surface area contributed by atoms with Crippen LogP contribution >= 0.6 is 0 Å². The van der Waals surface area contributed by atoms with Crippen molar-refractivity contribution >= 4 is 11.9 Å². The summed E-state index contributed by atoms with van der Waals surface area (Å²) in [5, 5.41) is 16.6. The first-order chi connectivity index (χ1) is 4.61. The molecule has 4 nitrogen and oxygen atoms in total. The van der Waals surface area contributed by atoms with Gasteiger partial charge in [0.25, 0.3) is 0 Å². The third kappa shape index (κ3) is 1.10. The van der Waals surface area contributed by atoms with Gasteiger partial charge in [-0.05, 0) is 12.8 Å².